The highest BCUT2D eigenvalue weighted by Crippen LogP contribution is 2.52. The molecule has 0 fully saturated rings. The Morgan fingerprint density at radius 3 is 1.95 bits per heavy atom. The summed E-state index contributed by atoms with van der Waals surface area (Å²) in [5.41, 5.74) is 12.2. The standard InChI is InChI=1S/C37H40O4/c1-21-16-23(3)31(24(4)17-21)27-13-10-12-26-20-37(6,7)35(33(26)27)41-36(38)28-14-11-15-29(39-8)34(28)32-25(5)18-22(2)19-30(32)40-9/h10-19,35H,20H2,1-9H3/t35-/m0/s1. The first kappa shape index (κ1) is 28.5. The van der Waals surface area contributed by atoms with E-state index in [0.717, 1.165) is 34.2 Å². The second-order valence-corrected chi connectivity index (χ2v) is 12.1. The lowest BCUT2D eigenvalue weighted by Crippen LogP contribution is -2.24. The number of hydrogen-bond acceptors (Lipinski definition) is 4. The molecule has 0 radical (unpaired) electrons. The number of rotatable bonds is 6. The molecule has 0 N–H and O–H groups in total. The fraction of sp³-hybridized carbons (Fsp3) is 0.324. The number of fused-ring (bicyclic) bond motifs is 1. The second-order valence-electron chi connectivity index (χ2n) is 12.1. The summed E-state index contributed by atoms with van der Waals surface area (Å²) in [5, 5.41) is 0. The van der Waals surface area contributed by atoms with Crippen LogP contribution in [0.4, 0.5) is 0 Å². The van der Waals surface area contributed by atoms with Crippen LogP contribution in [0.25, 0.3) is 22.3 Å². The third kappa shape index (κ3) is 5.01. The van der Waals surface area contributed by atoms with Crippen molar-refractivity contribution in [3.05, 3.63) is 105 Å². The van der Waals surface area contributed by atoms with Crippen LogP contribution in [0.5, 0.6) is 11.5 Å². The minimum Gasteiger partial charge on any atom is -0.496 e. The molecular formula is C37H40O4. The van der Waals surface area contributed by atoms with E-state index in [2.05, 4.69) is 71.0 Å². The highest BCUT2D eigenvalue weighted by Gasteiger charge is 2.44. The van der Waals surface area contributed by atoms with Gasteiger partial charge >= 0.3 is 5.97 Å². The van der Waals surface area contributed by atoms with Gasteiger partial charge < -0.3 is 14.2 Å². The van der Waals surface area contributed by atoms with Gasteiger partial charge in [-0.3, -0.25) is 0 Å². The quantitative estimate of drug-likeness (QED) is 0.226. The van der Waals surface area contributed by atoms with Gasteiger partial charge in [-0.15, -0.1) is 0 Å². The van der Waals surface area contributed by atoms with Crippen molar-refractivity contribution in [3.63, 3.8) is 0 Å². The van der Waals surface area contributed by atoms with E-state index in [1.165, 1.54) is 27.8 Å². The number of carbonyl (C=O) groups is 1. The number of hydrogen-bond donors (Lipinski definition) is 0. The lowest BCUT2D eigenvalue weighted by atomic mass is 9.84. The van der Waals surface area contributed by atoms with Gasteiger partial charge in [0.2, 0.25) is 0 Å². The molecule has 0 aliphatic heterocycles. The van der Waals surface area contributed by atoms with E-state index in [1.54, 1.807) is 14.2 Å². The van der Waals surface area contributed by atoms with Crippen LogP contribution in [-0.2, 0) is 11.2 Å². The van der Waals surface area contributed by atoms with Crippen molar-refractivity contribution in [2.24, 2.45) is 5.41 Å². The minimum absolute atomic E-state index is 0.281. The van der Waals surface area contributed by atoms with E-state index in [9.17, 15) is 4.79 Å². The molecule has 212 valence electrons. The molecule has 0 unspecified atom stereocenters. The van der Waals surface area contributed by atoms with Gasteiger partial charge in [0.25, 0.3) is 0 Å². The van der Waals surface area contributed by atoms with Crippen LogP contribution in [0.2, 0.25) is 0 Å². The van der Waals surface area contributed by atoms with Crippen molar-refractivity contribution in [3.8, 4) is 33.8 Å². The molecule has 1 aliphatic carbocycles. The van der Waals surface area contributed by atoms with Crippen molar-refractivity contribution < 1.29 is 19.0 Å². The summed E-state index contributed by atoms with van der Waals surface area (Å²) in [7, 11) is 3.28. The highest BCUT2D eigenvalue weighted by atomic mass is 16.5. The number of aryl methyl sites for hydroxylation is 5. The monoisotopic (exact) mass is 548 g/mol. The lowest BCUT2D eigenvalue weighted by molar-refractivity contribution is -0.00156. The van der Waals surface area contributed by atoms with E-state index in [-0.39, 0.29) is 11.4 Å². The SMILES string of the molecule is COc1cc(C)cc(C)c1-c1c(OC)cccc1C(=O)O[C@H]1c2c(cccc2-c2c(C)cc(C)cc2C)CC1(C)C. The maximum absolute atomic E-state index is 14.2. The van der Waals surface area contributed by atoms with Gasteiger partial charge in [-0.1, -0.05) is 61.9 Å². The molecule has 5 rings (SSSR count). The zero-order chi connectivity index (χ0) is 29.6. The molecule has 0 amide bonds. The number of ether oxygens (including phenoxy) is 3. The van der Waals surface area contributed by atoms with E-state index in [0.29, 0.717) is 22.6 Å². The molecule has 0 saturated carbocycles. The Morgan fingerprint density at radius 2 is 1.32 bits per heavy atom. The molecule has 0 saturated heterocycles. The number of methoxy groups -OCH3 is 2. The van der Waals surface area contributed by atoms with E-state index < -0.39 is 6.10 Å². The van der Waals surface area contributed by atoms with Crippen molar-refractivity contribution in [1.29, 1.82) is 0 Å². The molecule has 4 aromatic carbocycles. The summed E-state index contributed by atoms with van der Waals surface area (Å²) in [4.78, 5) is 14.2. The van der Waals surface area contributed by atoms with Gasteiger partial charge in [-0.25, -0.2) is 4.79 Å². The largest absolute Gasteiger partial charge is 0.496 e. The molecular weight excluding hydrogens is 508 g/mol. The number of benzene rings is 4. The van der Waals surface area contributed by atoms with E-state index in [1.807, 2.05) is 38.1 Å². The molecule has 0 aromatic heterocycles. The average molecular weight is 549 g/mol. The van der Waals surface area contributed by atoms with E-state index in [4.69, 9.17) is 14.2 Å². The molecule has 41 heavy (non-hydrogen) atoms. The maximum atomic E-state index is 14.2. The summed E-state index contributed by atoms with van der Waals surface area (Å²) in [5.74, 6) is 0.918. The molecule has 4 aromatic rings. The van der Waals surface area contributed by atoms with E-state index >= 15 is 0 Å². The Bertz CT molecular complexity index is 1640. The van der Waals surface area contributed by atoms with Gasteiger partial charge in [-0.05, 0) is 98.2 Å². The molecule has 4 nitrogen and oxygen atoms in total. The molecule has 0 bridgehead atoms. The van der Waals surface area contributed by atoms with Crippen LogP contribution >= 0.6 is 0 Å². The predicted molar refractivity (Wildman–Crippen MR) is 166 cm³/mol. The summed E-state index contributed by atoms with van der Waals surface area (Å²) >= 11 is 0. The van der Waals surface area contributed by atoms with Gasteiger partial charge in [0.15, 0.2) is 0 Å². The summed E-state index contributed by atoms with van der Waals surface area (Å²) in [6, 6.07) is 20.5. The van der Waals surface area contributed by atoms with Crippen molar-refractivity contribution in [1.82, 2.24) is 0 Å². The third-order valence-corrected chi connectivity index (χ3v) is 8.37. The summed E-state index contributed by atoms with van der Waals surface area (Å²) in [6.07, 6.45) is 0.412. The highest BCUT2D eigenvalue weighted by molar-refractivity contribution is 6.01. The number of esters is 1. The Balaban J connectivity index is 1.65. The first-order valence-corrected chi connectivity index (χ1v) is 14.2. The van der Waals surface area contributed by atoms with Crippen LogP contribution in [0.1, 0.15) is 69.3 Å². The topological polar surface area (TPSA) is 44.8 Å². The van der Waals surface area contributed by atoms with Gasteiger partial charge in [0.1, 0.15) is 17.6 Å². The maximum Gasteiger partial charge on any atom is 0.339 e. The smallest absolute Gasteiger partial charge is 0.339 e. The minimum atomic E-state index is -0.415. The van der Waals surface area contributed by atoms with Crippen LogP contribution in [0, 0.1) is 40.0 Å². The van der Waals surface area contributed by atoms with Crippen LogP contribution < -0.4 is 9.47 Å². The van der Waals surface area contributed by atoms with Crippen molar-refractivity contribution >= 4 is 5.97 Å². The summed E-state index contributed by atoms with van der Waals surface area (Å²) in [6.45, 7) is 14.9. The average Bonchev–Trinajstić information content (AvgIpc) is 3.16. The first-order chi connectivity index (χ1) is 19.5. The third-order valence-electron chi connectivity index (χ3n) is 8.37. The normalized spacial score (nSPS) is 15.4. The summed E-state index contributed by atoms with van der Waals surface area (Å²) < 4.78 is 18.2. The van der Waals surface area contributed by atoms with Crippen LogP contribution in [0.3, 0.4) is 0 Å². The van der Waals surface area contributed by atoms with Crippen molar-refractivity contribution in [2.75, 3.05) is 14.2 Å². The Kier molecular flexibility index (Phi) is 7.46. The number of carbonyl (C=O) groups excluding carboxylic acids is 1. The predicted octanol–water partition coefficient (Wildman–Crippen LogP) is 9.06. The Hall–Kier alpha value is -4.05. The zero-order valence-electron chi connectivity index (χ0n) is 25.7. The van der Waals surface area contributed by atoms with Gasteiger partial charge in [0, 0.05) is 22.1 Å². The van der Waals surface area contributed by atoms with Crippen molar-refractivity contribution in [2.45, 2.75) is 61.0 Å². The first-order valence-electron chi connectivity index (χ1n) is 14.2. The zero-order valence-corrected chi connectivity index (χ0v) is 25.7. The Morgan fingerprint density at radius 1 is 0.732 bits per heavy atom. The lowest BCUT2D eigenvalue weighted by Gasteiger charge is -2.29. The molecule has 0 heterocycles. The Labute approximate surface area is 244 Å². The van der Waals surface area contributed by atoms with Gasteiger partial charge in [-0.2, -0.15) is 0 Å². The molecule has 4 heteroatoms. The second kappa shape index (κ2) is 10.7. The molecule has 1 atom stereocenters. The fourth-order valence-electron chi connectivity index (χ4n) is 6.80. The van der Waals surface area contributed by atoms with Gasteiger partial charge in [0.05, 0.1) is 19.8 Å². The van der Waals surface area contributed by atoms with Crippen LogP contribution in [-0.4, -0.2) is 20.2 Å². The molecule has 0 spiro atoms. The molecule has 1 aliphatic rings. The fourth-order valence-corrected chi connectivity index (χ4v) is 6.80. The van der Waals surface area contributed by atoms with Crippen LogP contribution in [0.15, 0.2) is 60.7 Å².